The first kappa shape index (κ1) is 13.4. The molecule has 2 rings (SSSR count). The molecule has 1 aliphatic rings. The van der Waals surface area contributed by atoms with Crippen LogP contribution in [0.25, 0.3) is 0 Å². The van der Waals surface area contributed by atoms with Crippen LogP contribution in [0.4, 0.5) is 5.69 Å². The average molecular weight is 246 g/mol. The topological polar surface area (TPSA) is 15.3 Å². The van der Waals surface area contributed by atoms with Gasteiger partial charge in [-0.15, -0.1) is 0 Å². The second-order valence-corrected chi connectivity index (χ2v) is 5.61. The van der Waals surface area contributed by atoms with Crippen molar-refractivity contribution in [1.29, 1.82) is 0 Å². The fourth-order valence-electron chi connectivity index (χ4n) is 2.53. The zero-order chi connectivity index (χ0) is 12.8. The van der Waals surface area contributed by atoms with Gasteiger partial charge < -0.3 is 10.2 Å². The van der Waals surface area contributed by atoms with Gasteiger partial charge in [0.15, 0.2) is 0 Å². The third-order valence-corrected chi connectivity index (χ3v) is 3.76. The third kappa shape index (κ3) is 4.02. The van der Waals surface area contributed by atoms with Crippen molar-refractivity contribution in [2.24, 2.45) is 0 Å². The van der Waals surface area contributed by atoms with Gasteiger partial charge in [0.1, 0.15) is 0 Å². The summed E-state index contributed by atoms with van der Waals surface area (Å²) in [6, 6.07) is 8.86. The molecule has 0 aromatic heterocycles. The second-order valence-electron chi connectivity index (χ2n) is 5.61. The van der Waals surface area contributed by atoms with Crippen molar-refractivity contribution in [3.05, 3.63) is 29.8 Å². The normalized spacial score (nSPS) is 16.4. The highest BCUT2D eigenvalue weighted by Crippen LogP contribution is 2.17. The lowest BCUT2D eigenvalue weighted by Gasteiger charge is -2.15. The monoisotopic (exact) mass is 246 g/mol. The summed E-state index contributed by atoms with van der Waals surface area (Å²) in [5.74, 6) is 0.620. The molecule has 0 atom stereocenters. The fraction of sp³-hybridized carbons (Fsp3) is 0.625. The zero-order valence-electron chi connectivity index (χ0n) is 11.8. The number of benzene rings is 1. The van der Waals surface area contributed by atoms with E-state index in [1.165, 1.54) is 50.1 Å². The van der Waals surface area contributed by atoms with E-state index in [-0.39, 0.29) is 0 Å². The van der Waals surface area contributed by atoms with Gasteiger partial charge in [0.05, 0.1) is 0 Å². The first-order valence-electron chi connectivity index (χ1n) is 7.32. The van der Waals surface area contributed by atoms with Crippen molar-refractivity contribution in [2.45, 2.75) is 39.0 Å². The summed E-state index contributed by atoms with van der Waals surface area (Å²) in [6.07, 6.45) is 4.03. The molecule has 1 aliphatic heterocycles. The minimum Gasteiger partial charge on any atom is -0.385 e. The SMILES string of the molecule is CC(C)c1ccc(NCCCN2CCCC2)cc1. The molecular formula is C16H26N2. The predicted molar refractivity (Wildman–Crippen MR) is 79.3 cm³/mol. The van der Waals surface area contributed by atoms with E-state index in [2.05, 4.69) is 48.3 Å². The van der Waals surface area contributed by atoms with Crippen molar-refractivity contribution < 1.29 is 0 Å². The first-order valence-corrected chi connectivity index (χ1v) is 7.32. The fourth-order valence-corrected chi connectivity index (χ4v) is 2.53. The van der Waals surface area contributed by atoms with Crippen molar-refractivity contribution in [3.63, 3.8) is 0 Å². The molecule has 0 aliphatic carbocycles. The van der Waals surface area contributed by atoms with Gasteiger partial charge in [0.2, 0.25) is 0 Å². The average Bonchev–Trinajstić information content (AvgIpc) is 2.88. The van der Waals surface area contributed by atoms with Gasteiger partial charge in [0, 0.05) is 12.2 Å². The van der Waals surface area contributed by atoms with Gasteiger partial charge in [-0.25, -0.2) is 0 Å². The Kier molecular flexibility index (Phi) is 5.06. The minimum atomic E-state index is 0.620. The molecular weight excluding hydrogens is 220 g/mol. The van der Waals surface area contributed by atoms with E-state index < -0.39 is 0 Å². The van der Waals surface area contributed by atoms with Gasteiger partial charge >= 0.3 is 0 Å². The minimum absolute atomic E-state index is 0.620. The van der Waals surface area contributed by atoms with Crippen LogP contribution in [0, 0.1) is 0 Å². The van der Waals surface area contributed by atoms with Gasteiger partial charge in [-0.1, -0.05) is 26.0 Å². The maximum Gasteiger partial charge on any atom is 0.0340 e. The number of hydrogen-bond donors (Lipinski definition) is 1. The highest BCUT2D eigenvalue weighted by Gasteiger charge is 2.09. The van der Waals surface area contributed by atoms with Crippen LogP contribution in [0.2, 0.25) is 0 Å². The van der Waals surface area contributed by atoms with Crippen LogP contribution in [0.1, 0.15) is 44.6 Å². The molecule has 0 bridgehead atoms. The molecule has 0 spiro atoms. The molecule has 2 nitrogen and oxygen atoms in total. The second kappa shape index (κ2) is 6.79. The molecule has 2 heteroatoms. The summed E-state index contributed by atoms with van der Waals surface area (Å²) in [6.45, 7) is 9.41. The lowest BCUT2D eigenvalue weighted by molar-refractivity contribution is 0.337. The van der Waals surface area contributed by atoms with Crippen LogP contribution in [0.15, 0.2) is 24.3 Å². The Morgan fingerprint density at radius 2 is 1.78 bits per heavy atom. The van der Waals surface area contributed by atoms with Crippen molar-refractivity contribution >= 4 is 5.69 Å². The molecule has 1 fully saturated rings. The third-order valence-electron chi connectivity index (χ3n) is 3.76. The largest absolute Gasteiger partial charge is 0.385 e. The van der Waals surface area contributed by atoms with Crippen LogP contribution in [0.5, 0.6) is 0 Å². The smallest absolute Gasteiger partial charge is 0.0340 e. The summed E-state index contributed by atoms with van der Waals surface area (Å²) < 4.78 is 0. The summed E-state index contributed by atoms with van der Waals surface area (Å²) in [5, 5.41) is 3.51. The Hall–Kier alpha value is -1.02. The van der Waals surface area contributed by atoms with E-state index >= 15 is 0 Å². The Morgan fingerprint density at radius 1 is 1.11 bits per heavy atom. The molecule has 1 aromatic carbocycles. The predicted octanol–water partition coefficient (Wildman–Crippen LogP) is 3.71. The number of nitrogens with one attached hydrogen (secondary N) is 1. The molecule has 1 aromatic rings. The molecule has 1 heterocycles. The van der Waals surface area contributed by atoms with Crippen LogP contribution in [0.3, 0.4) is 0 Å². The Labute approximate surface area is 111 Å². The molecule has 1 saturated heterocycles. The quantitative estimate of drug-likeness (QED) is 0.770. The van der Waals surface area contributed by atoms with E-state index in [9.17, 15) is 0 Å². The Morgan fingerprint density at radius 3 is 2.39 bits per heavy atom. The number of nitrogens with zero attached hydrogens (tertiary/aromatic N) is 1. The van der Waals surface area contributed by atoms with Gasteiger partial charge in [0.25, 0.3) is 0 Å². The van der Waals surface area contributed by atoms with Crippen molar-refractivity contribution in [2.75, 3.05) is 31.5 Å². The molecule has 18 heavy (non-hydrogen) atoms. The van der Waals surface area contributed by atoms with E-state index in [0.29, 0.717) is 5.92 Å². The standard InChI is InChI=1S/C16H26N2/c1-14(2)15-6-8-16(9-7-15)17-10-5-13-18-11-3-4-12-18/h6-9,14,17H,3-5,10-13H2,1-2H3. The van der Waals surface area contributed by atoms with E-state index in [0.717, 1.165) is 6.54 Å². The molecule has 100 valence electrons. The molecule has 0 amide bonds. The van der Waals surface area contributed by atoms with Crippen molar-refractivity contribution in [1.82, 2.24) is 4.90 Å². The van der Waals surface area contributed by atoms with E-state index in [4.69, 9.17) is 0 Å². The van der Waals surface area contributed by atoms with Crippen LogP contribution in [-0.2, 0) is 0 Å². The van der Waals surface area contributed by atoms with Gasteiger partial charge in [-0.3, -0.25) is 0 Å². The molecule has 0 unspecified atom stereocenters. The van der Waals surface area contributed by atoms with Crippen LogP contribution in [-0.4, -0.2) is 31.1 Å². The van der Waals surface area contributed by atoms with E-state index in [1.54, 1.807) is 0 Å². The summed E-state index contributed by atoms with van der Waals surface area (Å²) >= 11 is 0. The Balaban J connectivity index is 1.66. The van der Waals surface area contributed by atoms with E-state index in [1.807, 2.05) is 0 Å². The number of likely N-dealkylation sites (tertiary alicyclic amines) is 1. The van der Waals surface area contributed by atoms with Crippen LogP contribution >= 0.6 is 0 Å². The Bertz CT molecular complexity index is 337. The highest BCUT2D eigenvalue weighted by atomic mass is 15.1. The molecule has 0 radical (unpaired) electrons. The first-order chi connectivity index (χ1) is 8.75. The van der Waals surface area contributed by atoms with Crippen molar-refractivity contribution in [3.8, 4) is 0 Å². The zero-order valence-corrected chi connectivity index (χ0v) is 11.8. The maximum atomic E-state index is 3.51. The summed E-state index contributed by atoms with van der Waals surface area (Å²) in [7, 11) is 0. The van der Waals surface area contributed by atoms with Gasteiger partial charge in [-0.05, 0) is 62.5 Å². The maximum absolute atomic E-state index is 3.51. The lowest BCUT2D eigenvalue weighted by Crippen LogP contribution is -2.22. The summed E-state index contributed by atoms with van der Waals surface area (Å²) in [4.78, 5) is 2.57. The number of hydrogen-bond acceptors (Lipinski definition) is 2. The highest BCUT2D eigenvalue weighted by molar-refractivity contribution is 5.44. The number of anilines is 1. The van der Waals surface area contributed by atoms with Gasteiger partial charge in [-0.2, -0.15) is 0 Å². The molecule has 0 saturated carbocycles. The lowest BCUT2D eigenvalue weighted by atomic mass is 10.0. The van der Waals surface area contributed by atoms with Crippen LogP contribution < -0.4 is 5.32 Å². The molecule has 1 N–H and O–H groups in total. The number of rotatable bonds is 6. The summed E-state index contributed by atoms with van der Waals surface area (Å²) in [5.41, 5.74) is 2.67.